The smallest absolute Gasteiger partial charge is 0.127 e. The molecule has 3 heteroatoms. The van der Waals surface area contributed by atoms with Gasteiger partial charge in [0.25, 0.3) is 0 Å². The number of anilines is 1. The third kappa shape index (κ3) is 4.57. The number of rotatable bonds is 7. The summed E-state index contributed by atoms with van der Waals surface area (Å²) < 4.78 is 11.3. The summed E-state index contributed by atoms with van der Waals surface area (Å²) in [6, 6.07) is 3.90. The van der Waals surface area contributed by atoms with Crippen LogP contribution in [0.3, 0.4) is 0 Å². The van der Waals surface area contributed by atoms with E-state index < -0.39 is 0 Å². The monoisotopic (exact) mass is 251 g/mol. The lowest BCUT2D eigenvalue weighted by atomic mass is 10.1. The van der Waals surface area contributed by atoms with Gasteiger partial charge < -0.3 is 15.2 Å². The molecule has 0 aromatic heterocycles. The number of hydrogen-bond donors (Lipinski definition) is 1. The number of benzene rings is 1. The molecule has 0 bridgehead atoms. The van der Waals surface area contributed by atoms with Gasteiger partial charge in [-0.15, -0.1) is 0 Å². The van der Waals surface area contributed by atoms with E-state index in [1.54, 1.807) is 0 Å². The van der Waals surface area contributed by atoms with Crippen LogP contribution in [0.25, 0.3) is 0 Å². The van der Waals surface area contributed by atoms with Crippen molar-refractivity contribution >= 4 is 5.69 Å². The van der Waals surface area contributed by atoms with Crippen LogP contribution in [0.1, 0.15) is 31.4 Å². The zero-order valence-electron chi connectivity index (χ0n) is 12.0. The second-order valence-electron chi connectivity index (χ2n) is 5.07. The van der Waals surface area contributed by atoms with Gasteiger partial charge in [-0.3, -0.25) is 0 Å². The molecule has 18 heavy (non-hydrogen) atoms. The minimum absolute atomic E-state index is 0.573. The third-order valence-corrected chi connectivity index (χ3v) is 2.96. The Morgan fingerprint density at radius 3 is 2.50 bits per heavy atom. The van der Waals surface area contributed by atoms with Crippen molar-refractivity contribution in [3.63, 3.8) is 0 Å². The highest BCUT2D eigenvalue weighted by Crippen LogP contribution is 2.27. The lowest BCUT2D eigenvalue weighted by Gasteiger charge is -2.14. The van der Waals surface area contributed by atoms with E-state index in [-0.39, 0.29) is 0 Å². The van der Waals surface area contributed by atoms with E-state index in [9.17, 15) is 0 Å². The van der Waals surface area contributed by atoms with Crippen LogP contribution in [0.15, 0.2) is 12.1 Å². The van der Waals surface area contributed by atoms with Gasteiger partial charge in [0.15, 0.2) is 0 Å². The van der Waals surface area contributed by atoms with Crippen molar-refractivity contribution < 1.29 is 9.47 Å². The van der Waals surface area contributed by atoms with Gasteiger partial charge in [0.05, 0.1) is 6.61 Å². The van der Waals surface area contributed by atoms with Crippen molar-refractivity contribution in [1.29, 1.82) is 0 Å². The first-order valence-electron chi connectivity index (χ1n) is 6.58. The van der Waals surface area contributed by atoms with Crippen molar-refractivity contribution in [2.24, 2.45) is 5.92 Å². The third-order valence-electron chi connectivity index (χ3n) is 2.96. The Hall–Kier alpha value is -1.22. The normalized spacial score (nSPS) is 10.9. The minimum Gasteiger partial charge on any atom is -0.491 e. The van der Waals surface area contributed by atoms with E-state index in [1.807, 2.05) is 26.0 Å². The molecule has 0 atom stereocenters. The summed E-state index contributed by atoms with van der Waals surface area (Å²) in [6.45, 7) is 10.4. The minimum atomic E-state index is 0.573. The zero-order valence-corrected chi connectivity index (χ0v) is 12.0. The molecule has 0 saturated heterocycles. The summed E-state index contributed by atoms with van der Waals surface area (Å²) >= 11 is 0. The van der Waals surface area contributed by atoms with Crippen LogP contribution in [0.4, 0.5) is 5.69 Å². The van der Waals surface area contributed by atoms with Crippen LogP contribution in [0.2, 0.25) is 0 Å². The predicted octanol–water partition coefficient (Wildman–Crippen LogP) is 3.33. The molecule has 0 aliphatic rings. The highest BCUT2D eigenvalue weighted by molar-refractivity contribution is 5.56. The van der Waals surface area contributed by atoms with Crippen molar-refractivity contribution in [3.05, 3.63) is 23.3 Å². The lowest BCUT2D eigenvalue weighted by Crippen LogP contribution is -2.10. The summed E-state index contributed by atoms with van der Waals surface area (Å²) in [7, 11) is 0. The number of nitrogen functional groups attached to an aromatic ring is 1. The van der Waals surface area contributed by atoms with E-state index in [1.165, 1.54) is 0 Å². The number of nitrogens with two attached hydrogens (primary N) is 1. The van der Waals surface area contributed by atoms with E-state index in [0.717, 1.165) is 35.6 Å². The maximum Gasteiger partial charge on any atom is 0.127 e. The standard InChI is InChI=1S/C15H25NO2/c1-11(2)7-8-17-9-10-18-15-12(3)5-6-14(16)13(15)4/h5-6,11H,7-10,16H2,1-4H3. The van der Waals surface area contributed by atoms with Crippen LogP contribution < -0.4 is 10.5 Å². The van der Waals surface area contributed by atoms with Gasteiger partial charge in [-0.2, -0.15) is 0 Å². The molecule has 1 rings (SSSR count). The van der Waals surface area contributed by atoms with Crippen LogP contribution >= 0.6 is 0 Å². The van der Waals surface area contributed by atoms with Crippen molar-refractivity contribution in [3.8, 4) is 5.75 Å². The molecule has 0 amide bonds. The van der Waals surface area contributed by atoms with E-state index in [4.69, 9.17) is 15.2 Å². The molecule has 1 aromatic carbocycles. The second kappa shape index (κ2) is 7.27. The Labute approximate surface area is 110 Å². The lowest BCUT2D eigenvalue weighted by molar-refractivity contribution is 0.0922. The summed E-state index contributed by atoms with van der Waals surface area (Å²) in [4.78, 5) is 0. The summed E-state index contributed by atoms with van der Waals surface area (Å²) in [5, 5.41) is 0. The molecule has 0 heterocycles. The molecule has 3 nitrogen and oxygen atoms in total. The van der Waals surface area contributed by atoms with E-state index in [0.29, 0.717) is 19.1 Å². The molecule has 0 saturated carbocycles. The molecule has 0 radical (unpaired) electrons. The van der Waals surface area contributed by atoms with Gasteiger partial charge >= 0.3 is 0 Å². The van der Waals surface area contributed by atoms with Crippen LogP contribution in [-0.4, -0.2) is 19.8 Å². The predicted molar refractivity (Wildman–Crippen MR) is 76.1 cm³/mol. The fraction of sp³-hybridized carbons (Fsp3) is 0.600. The molecule has 0 aliphatic carbocycles. The average Bonchev–Trinajstić information content (AvgIpc) is 2.32. The summed E-state index contributed by atoms with van der Waals surface area (Å²) in [5.74, 6) is 1.58. The van der Waals surface area contributed by atoms with Gasteiger partial charge in [0.1, 0.15) is 12.4 Å². The molecule has 0 aliphatic heterocycles. The highest BCUT2D eigenvalue weighted by atomic mass is 16.5. The Morgan fingerprint density at radius 1 is 1.11 bits per heavy atom. The molecular formula is C15H25NO2. The Kier molecular flexibility index (Phi) is 5.99. The first kappa shape index (κ1) is 14.8. The molecule has 102 valence electrons. The van der Waals surface area contributed by atoms with Crippen LogP contribution in [0, 0.1) is 19.8 Å². The Bertz CT molecular complexity index is 375. The molecule has 1 aromatic rings. The second-order valence-corrected chi connectivity index (χ2v) is 5.07. The quantitative estimate of drug-likeness (QED) is 0.597. The molecule has 0 unspecified atom stereocenters. The fourth-order valence-electron chi connectivity index (χ4n) is 1.69. The van der Waals surface area contributed by atoms with E-state index >= 15 is 0 Å². The topological polar surface area (TPSA) is 44.5 Å². The van der Waals surface area contributed by atoms with Gasteiger partial charge in [0, 0.05) is 17.9 Å². The van der Waals surface area contributed by atoms with E-state index in [2.05, 4.69) is 13.8 Å². The zero-order chi connectivity index (χ0) is 13.5. The van der Waals surface area contributed by atoms with Crippen molar-refractivity contribution in [2.45, 2.75) is 34.1 Å². The van der Waals surface area contributed by atoms with Gasteiger partial charge in [-0.25, -0.2) is 0 Å². The number of ether oxygens (including phenoxy) is 2. The van der Waals surface area contributed by atoms with Crippen LogP contribution in [-0.2, 0) is 4.74 Å². The van der Waals surface area contributed by atoms with Crippen LogP contribution in [0.5, 0.6) is 5.75 Å². The maximum absolute atomic E-state index is 5.86. The van der Waals surface area contributed by atoms with Crippen molar-refractivity contribution in [1.82, 2.24) is 0 Å². The average molecular weight is 251 g/mol. The van der Waals surface area contributed by atoms with Gasteiger partial charge in [-0.05, 0) is 37.8 Å². The van der Waals surface area contributed by atoms with Gasteiger partial charge in [-0.1, -0.05) is 19.9 Å². The molecule has 0 spiro atoms. The molecular weight excluding hydrogens is 226 g/mol. The first-order chi connectivity index (χ1) is 8.52. The molecule has 2 N–H and O–H groups in total. The van der Waals surface area contributed by atoms with Gasteiger partial charge in [0.2, 0.25) is 0 Å². The fourth-order valence-corrected chi connectivity index (χ4v) is 1.69. The van der Waals surface area contributed by atoms with Crippen molar-refractivity contribution in [2.75, 3.05) is 25.6 Å². The SMILES string of the molecule is Cc1ccc(N)c(C)c1OCCOCCC(C)C. The largest absolute Gasteiger partial charge is 0.491 e. The number of hydrogen-bond acceptors (Lipinski definition) is 3. The highest BCUT2D eigenvalue weighted by Gasteiger charge is 2.06. The Morgan fingerprint density at radius 2 is 1.83 bits per heavy atom. The summed E-state index contributed by atoms with van der Waals surface area (Å²) in [6.07, 6.45) is 1.09. The molecule has 0 fully saturated rings. The first-order valence-corrected chi connectivity index (χ1v) is 6.58. The maximum atomic E-state index is 5.86. The summed E-state index contributed by atoms with van der Waals surface area (Å²) in [5.41, 5.74) is 8.76. The number of aryl methyl sites for hydroxylation is 1. The Balaban J connectivity index is 2.33.